The lowest BCUT2D eigenvalue weighted by atomic mass is 10.8. The first-order chi connectivity index (χ1) is 1.73. The predicted molar refractivity (Wildman–Crippen MR) is 26.2 cm³/mol. The van der Waals surface area contributed by atoms with Crippen molar-refractivity contribution >= 4 is 16.9 Å². The summed E-state index contributed by atoms with van der Waals surface area (Å²) < 4.78 is 0. The maximum atomic E-state index is 9.22. The summed E-state index contributed by atoms with van der Waals surface area (Å²) in [5.74, 6) is -0.333. The lowest BCUT2D eigenvalue weighted by Crippen LogP contribution is -2.01. The number of hydrogen-bond donors (Lipinski definition) is 1. The minimum atomic E-state index is -0.333. The standard InChI is InChI=1S/C2H5NO.H4Si/c1-2(3)4;/h1H3,(H2,3,4);1H4. The average molecular weight is 91.2 g/mol. The summed E-state index contributed by atoms with van der Waals surface area (Å²) in [6.07, 6.45) is 0. The van der Waals surface area contributed by atoms with Gasteiger partial charge in [0.1, 0.15) is 0 Å². The van der Waals surface area contributed by atoms with E-state index in [0.717, 1.165) is 0 Å². The number of nitrogens with two attached hydrogens (primary N) is 1. The van der Waals surface area contributed by atoms with Gasteiger partial charge in [0.05, 0.1) is 0 Å². The molecule has 0 aromatic carbocycles. The zero-order valence-electron chi connectivity index (χ0n) is 2.49. The Kier molecular flexibility index (Phi) is 6.51. The zero-order valence-corrected chi connectivity index (χ0v) is 2.49. The summed E-state index contributed by atoms with van der Waals surface area (Å²) in [7, 11) is 0. The second-order valence-electron chi connectivity index (χ2n) is 0.611. The molecule has 0 aliphatic rings. The molecule has 0 aromatic heterocycles. The molecule has 0 fully saturated rings. The van der Waals surface area contributed by atoms with Crippen molar-refractivity contribution in [2.24, 2.45) is 5.73 Å². The predicted octanol–water partition coefficient (Wildman–Crippen LogP) is -1.96. The topological polar surface area (TPSA) is 43.1 Å². The Morgan fingerprint density at radius 3 is 1.80 bits per heavy atom. The van der Waals surface area contributed by atoms with Gasteiger partial charge in [-0.15, -0.1) is 0 Å². The molecule has 0 radical (unpaired) electrons. The monoisotopic (exact) mass is 91.0 g/mol. The zero-order chi connectivity index (χ0) is 3.58. The molecular formula is C2H9NOSi. The molecule has 0 spiro atoms. The smallest absolute Gasteiger partial charge is 0.214 e. The van der Waals surface area contributed by atoms with Crippen LogP contribution in [0.1, 0.15) is 6.92 Å². The van der Waals surface area contributed by atoms with Crippen LogP contribution in [0.25, 0.3) is 0 Å². The normalized spacial score (nSPS) is 5.00. The van der Waals surface area contributed by atoms with Gasteiger partial charge in [-0.25, -0.2) is 0 Å². The van der Waals surface area contributed by atoms with Crippen molar-refractivity contribution in [2.45, 2.75) is 6.92 Å². The Morgan fingerprint density at radius 2 is 1.80 bits per heavy atom. The van der Waals surface area contributed by atoms with Gasteiger partial charge >= 0.3 is 0 Å². The van der Waals surface area contributed by atoms with E-state index in [1.54, 1.807) is 0 Å². The summed E-state index contributed by atoms with van der Waals surface area (Å²) in [5, 5.41) is 0. The van der Waals surface area contributed by atoms with E-state index in [2.05, 4.69) is 5.73 Å². The molecule has 5 heavy (non-hydrogen) atoms. The molecule has 0 unspecified atom stereocenters. The first-order valence-electron chi connectivity index (χ1n) is 0.993. The Hall–Kier alpha value is -0.313. The fraction of sp³-hybridized carbons (Fsp3) is 0.500. The molecule has 0 bridgehead atoms. The van der Waals surface area contributed by atoms with E-state index in [1.165, 1.54) is 6.92 Å². The number of carbonyl (C=O) groups excluding carboxylic acids is 1. The highest BCUT2D eigenvalue weighted by molar-refractivity contribution is 5.75. The molecule has 0 saturated heterocycles. The lowest BCUT2D eigenvalue weighted by Gasteiger charge is -1.60. The summed E-state index contributed by atoms with van der Waals surface area (Å²) in [4.78, 5) is 9.22. The van der Waals surface area contributed by atoms with E-state index in [-0.39, 0.29) is 16.9 Å². The highest BCUT2D eigenvalue weighted by atomic mass is 28.1. The highest BCUT2D eigenvalue weighted by Gasteiger charge is 1.61. The third-order valence-corrected chi connectivity index (χ3v) is 0. The van der Waals surface area contributed by atoms with Gasteiger partial charge in [-0.3, -0.25) is 4.79 Å². The van der Waals surface area contributed by atoms with Crippen LogP contribution in [0.4, 0.5) is 0 Å². The van der Waals surface area contributed by atoms with Gasteiger partial charge in [0, 0.05) is 6.92 Å². The van der Waals surface area contributed by atoms with Gasteiger partial charge in [0.2, 0.25) is 5.91 Å². The van der Waals surface area contributed by atoms with Crippen LogP contribution in [0, 0.1) is 0 Å². The van der Waals surface area contributed by atoms with Crippen LogP contribution in [0.2, 0.25) is 0 Å². The van der Waals surface area contributed by atoms with Crippen LogP contribution in [0.15, 0.2) is 0 Å². The maximum Gasteiger partial charge on any atom is 0.214 e. The molecule has 0 saturated carbocycles. The molecule has 0 aromatic rings. The average Bonchev–Trinajstić information content (AvgIpc) is 0.811. The molecule has 0 aliphatic heterocycles. The molecule has 3 heteroatoms. The van der Waals surface area contributed by atoms with E-state index in [0.29, 0.717) is 0 Å². The Bertz CT molecular complexity index is 32.6. The van der Waals surface area contributed by atoms with Crippen LogP contribution >= 0.6 is 0 Å². The van der Waals surface area contributed by atoms with Gasteiger partial charge in [-0.1, -0.05) is 0 Å². The van der Waals surface area contributed by atoms with E-state index >= 15 is 0 Å². The first kappa shape index (κ1) is 8.82. The van der Waals surface area contributed by atoms with Gasteiger partial charge in [-0.2, -0.15) is 0 Å². The third-order valence-electron chi connectivity index (χ3n) is 0. The van der Waals surface area contributed by atoms with Crippen molar-refractivity contribution in [1.29, 1.82) is 0 Å². The van der Waals surface area contributed by atoms with Crippen molar-refractivity contribution in [2.75, 3.05) is 0 Å². The number of rotatable bonds is 0. The van der Waals surface area contributed by atoms with E-state index in [1.807, 2.05) is 0 Å². The molecule has 1 amide bonds. The molecule has 2 nitrogen and oxygen atoms in total. The van der Waals surface area contributed by atoms with Crippen molar-refractivity contribution in [3.63, 3.8) is 0 Å². The molecule has 2 N–H and O–H groups in total. The lowest BCUT2D eigenvalue weighted by molar-refractivity contribution is -0.115. The molecule has 32 valence electrons. The van der Waals surface area contributed by atoms with Gasteiger partial charge < -0.3 is 5.73 Å². The van der Waals surface area contributed by atoms with Crippen molar-refractivity contribution < 1.29 is 4.79 Å². The van der Waals surface area contributed by atoms with E-state index in [9.17, 15) is 4.79 Å². The Morgan fingerprint density at radius 1 is 1.80 bits per heavy atom. The second kappa shape index (κ2) is 3.69. The quantitative estimate of drug-likeness (QED) is 0.346. The Labute approximate surface area is 35.4 Å². The van der Waals surface area contributed by atoms with Gasteiger partial charge in [0.15, 0.2) is 0 Å². The molecule has 0 aliphatic carbocycles. The minimum absolute atomic E-state index is 0. The van der Waals surface area contributed by atoms with E-state index < -0.39 is 0 Å². The van der Waals surface area contributed by atoms with Crippen molar-refractivity contribution in [1.82, 2.24) is 0 Å². The van der Waals surface area contributed by atoms with E-state index in [4.69, 9.17) is 0 Å². The summed E-state index contributed by atoms with van der Waals surface area (Å²) in [6, 6.07) is 0. The third kappa shape index (κ3) is 107. The maximum absolute atomic E-state index is 9.22. The van der Waals surface area contributed by atoms with Crippen molar-refractivity contribution in [3.8, 4) is 0 Å². The van der Waals surface area contributed by atoms with Gasteiger partial charge in [-0.05, 0) is 11.0 Å². The van der Waals surface area contributed by atoms with Crippen molar-refractivity contribution in [3.05, 3.63) is 0 Å². The number of amides is 1. The second-order valence-corrected chi connectivity index (χ2v) is 0.611. The van der Waals surface area contributed by atoms with Crippen LogP contribution < -0.4 is 5.73 Å². The molecular weight excluding hydrogens is 82.1 g/mol. The highest BCUT2D eigenvalue weighted by Crippen LogP contribution is 1.33. The SMILES string of the molecule is CC(N)=O.[SiH4]. The first-order valence-corrected chi connectivity index (χ1v) is 0.993. The summed E-state index contributed by atoms with van der Waals surface area (Å²) in [6.45, 7) is 1.31. The van der Waals surface area contributed by atoms with Crippen LogP contribution in [0.3, 0.4) is 0 Å². The van der Waals surface area contributed by atoms with Crippen LogP contribution in [-0.2, 0) is 4.79 Å². The van der Waals surface area contributed by atoms with Crippen LogP contribution in [0.5, 0.6) is 0 Å². The van der Waals surface area contributed by atoms with Gasteiger partial charge in [0.25, 0.3) is 0 Å². The molecule has 0 rings (SSSR count). The van der Waals surface area contributed by atoms with Crippen LogP contribution in [-0.4, -0.2) is 16.9 Å². The minimum Gasteiger partial charge on any atom is -0.370 e. The fourth-order valence-electron chi connectivity index (χ4n) is 0. The molecule has 0 atom stereocenters. The largest absolute Gasteiger partial charge is 0.370 e. The number of carbonyl (C=O) groups is 1. The number of primary amides is 1. The molecule has 0 heterocycles. The summed E-state index contributed by atoms with van der Waals surface area (Å²) in [5.41, 5.74) is 4.47. The Balaban J connectivity index is 0. The number of hydrogen-bond acceptors (Lipinski definition) is 1. The fourth-order valence-corrected chi connectivity index (χ4v) is 0. The summed E-state index contributed by atoms with van der Waals surface area (Å²) >= 11 is 0.